The van der Waals surface area contributed by atoms with Crippen LogP contribution in [0.25, 0.3) is 0 Å². The molecule has 0 aliphatic carbocycles. The molecule has 0 saturated heterocycles. The molecule has 0 aliphatic rings. The molecule has 0 fully saturated rings. The lowest BCUT2D eigenvalue weighted by atomic mass is 10.1. The Bertz CT molecular complexity index is 607. The van der Waals surface area contributed by atoms with Crippen LogP contribution in [0.3, 0.4) is 0 Å². The number of esters is 1. The van der Waals surface area contributed by atoms with Gasteiger partial charge in [-0.3, -0.25) is 4.79 Å². The van der Waals surface area contributed by atoms with Gasteiger partial charge in [-0.1, -0.05) is 30.3 Å². The lowest BCUT2D eigenvalue weighted by Gasteiger charge is -2.06. The molecule has 0 bridgehead atoms. The van der Waals surface area contributed by atoms with Crippen molar-refractivity contribution in [2.75, 3.05) is 13.2 Å². The van der Waals surface area contributed by atoms with E-state index in [0.29, 0.717) is 11.4 Å². The summed E-state index contributed by atoms with van der Waals surface area (Å²) in [5.41, 5.74) is 1.16. The Labute approximate surface area is 127 Å². The third kappa shape index (κ3) is 5.04. The second-order valence-electron chi connectivity index (χ2n) is 4.57. The van der Waals surface area contributed by atoms with Gasteiger partial charge in [0.05, 0.1) is 0 Å². The van der Waals surface area contributed by atoms with Crippen LogP contribution in [0.2, 0.25) is 0 Å². The molecule has 0 spiro atoms. The standard InChI is InChI=1S/C16H17NO3S/c1-12-7-8-14(21-12)16(19)20-11-15(18)17-10-9-13-5-3-2-4-6-13/h2-8H,9-11H2,1H3,(H,17,18). The Morgan fingerprint density at radius 1 is 1.14 bits per heavy atom. The minimum atomic E-state index is -0.452. The molecule has 0 aliphatic heterocycles. The molecular formula is C16H17NO3S. The number of rotatable bonds is 6. The predicted molar refractivity (Wildman–Crippen MR) is 82.5 cm³/mol. The summed E-state index contributed by atoms with van der Waals surface area (Å²) in [6.45, 7) is 2.20. The Hall–Kier alpha value is -2.14. The van der Waals surface area contributed by atoms with E-state index in [2.05, 4.69) is 5.32 Å². The molecule has 1 aromatic carbocycles. The zero-order chi connectivity index (χ0) is 15.1. The summed E-state index contributed by atoms with van der Waals surface area (Å²) in [5.74, 6) is -0.737. The van der Waals surface area contributed by atoms with E-state index < -0.39 is 5.97 Å². The Kier molecular flexibility index (Phi) is 5.51. The first kappa shape index (κ1) is 15.3. The highest BCUT2D eigenvalue weighted by atomic mass is 32.1. The summed E-state index contributed by atoms with van der Waals surface area (Å²) in [7, 11) is 0. The molecule has 2 rings (SSSR count). The number of carbonyl (C=O) groups is 2. The van der Waals surface area contributed by atoms with Gasteiger partial charge in [-0.2, -0.15) is 0 Å². The third-order valence-corrected chi connectivity index (χ3v) is 3.84. The van der Waals surface area contributed by atoms with E-state index >= 15 is 0 Å². The number of hydrogen-bond acceptors (Lipinski definition) is 4. The van der Waals surface area contributed by atoms with Crippen LogP contribution in [-0.4, -0.2) is 25.0 Å². The van der Waals surface area contributed by atoms with Crippen molar-refractivity contribution in [2.45, 2.75) is 13.3 Å². The number of ether oxygens (including phenoxy) is 1. The fourth-order valence-electron chi connectivity index (χ4n) is 1.79. The van der Waals surface area contributed by atoms with Crippen molar-refractivity contribution >= 4 is 23.2 Å². The van der Waals surface area contributed by atoms with Gasteiger partial charge in [0.2, 0.25) is 0 Å². The molecule has 0 saturated carbocycles. The minimum Gasteiger partial charge on any atom is -0.451 e. The van der Waals surface area contributed by atoms with Crippen molar-refractivity contribution in [2.24, 2.45) is 0 Å². The SMILES string of the molecule is Cc1ccc(C(=O)OCC(=O)NCCc2ccccc2)s1. The number of benzene rings is 1. The second-order valence-corrected chi connectivity index (χ2v) is 5.86. The van der Waals surface area contributed by atoms with Gasteiger partial charge >= 0.3 is 5.97 Å². The number of thiophene rings is 1. The highest BCUT2D eigenvalue weighted by Crippen LogP contribution is 2.15. The first-order chi connectivity index (χ1) is 10.1. The van der Waals surface area contributed by atoms with Gasteiger partial charge in [0.1, 0.15) is 4.88 Å². The largest absolute Gasteiger partial charge is 0.451 e. The number of carbonyl (C=O) groups excluding carboxylic acids is 2. The lowest BCUT2D eigenvalue weighted by molar-refractivity contribution is -0.124. The molecule has 1 N–H and O–H groups in total. The van der Waals surface area contributed by atoms with Gasteiger partial charge in [-0.25, -0.2) is 4.79 Å². The molecule has 2 aromatic rings. The minimum absolute atomic E-state index is 0.245. The molecule has 1 aromatic heterocycles. The van der Waals surface area contributed by atoms with Gasteiger partial charge in [-0.05, 0) is 31.0 Å². The van der Waals surface area contributed by atoms with Crippen molar-refractivity contribution in [3.63, 3.8) is 0 Å². The number of aryl methyl sites for hydroxylation is 1. The molecule has 5 heteroatoms. The number of nitrogens with one attached hydrogen (secondary N) is 1. The van der Waals surface area contributed by atoms with Crippen molar-refractivity contribution in [1.82, 2.24) is 5.32 Å². The van der Waals surface area contributed by atoms with Crippen LogP contribution in [0.4, 0.5) is 0 Å². The van der Waals surface area contributed by atoms with E-state index in [1.54, 1.807) is 6.07 Å². The molecule has 1 amide bonds. The summed E-state index contributed by atoms with van der Waals surface area (Å²) in [6, 6.07) is 13.4. The van der Waals surface area contributed by atoms with E-state index in [1.807, 2.05) is 43.3 Å². The second kappa shape index (κ2) is 7.59. The fraction of sp³-hybridized carbons (Fsp3) is 0.250. The first-order valence-electron chi connectivity index (χ1n) is 6.69. The van der Waals surface area contributed by atoms with Crippen molar-refractivity contribution < 1.29 is 14.3 Å². The highest BCUT2D eigenvalue weighted by Gasteiger charge is 2.11. The summed E-state index contributed by atoms with van der Waals surface area (Å²) in [5, 5.41) is 2.73. The molecule has 110 valence electrons. The fourth-order valence-corrected chi connectivity index (χ4v) is 2.55. The summed E-state index contributed by atoms with van der Waals surface area (Å²) in [6.07, 6.45) is 0.755. The van der Waals surface area contributed by atoms with E-state index in [0.717, 1.165) is 16.9 Å². The molecular weight excluding hydrogens is 286 g/mol. The quantitative estimate of drug-likeness (QED) is 0.835. The van der Waals surface area contributed by atoms with E-state index in [4.69, 9.17) is 4.74 Å². The number of hydrogen-bond donors (Lipinski definition) is 1. The van der Waals surface area contributed by atoms with E-state index in [-0.39, 0.29) is 12.5 Å². The maximum absolute atomic E-state index is 11.7. The van der Waals surface area contributed by atoms with Crippen LogP contribution in [0.1, 0.15) is 20.1 Å². The zero-order valence-corrected chi connectivity index (χ0v) is 12.6. The number of amides is 1. The van der Waals surface area contributed by atoms with Gasteiger partial charge in [-0.15, -0.1) is 11.3 Å². The van der Waals surface area contributed by atoms with Gasteiger partial charge in [0.25, 0.3) is 5.91 Å². The maximum Gasteiger partial charge on any atom is 0.348 e. The molecule has 0 atom stereocenters. The van der Waals surface area contributed by atoms with Crippen molar-refractivity contribution in [3.8, 4) is 0 Å². The lowest BCUT2D eigenvalue weighted by Crippen LogP contribution is -2.30. The summed E-state index contributed by atoms with van der Waals surface area (Å²) >= 11 is 1.36. The molecule has 0 unspecified atom stereocenters. The van der Waals surface area contributed by atoms with Crippen LogP contribution in [-0.2, 0) is 16.0 Å². The smallest absolute Gasteiger partial charge is 0.348 e. The Balaban J connectivity index is 1.67. The monoisotopic (exact) mass is 303 g/mol. The first-order valence-corrected chi connectivity index (χ1v) is 7.51. The average Bonchev–Trinajstić information content (AvgIpc) is 2.92. The molecule has 1 heterocycles. The third-order valence-electron chi connectivity index (χ3n) is 2.85. The van der Waals surface area contributed by atoms with Crippen LogP contribution in [0.5, 0.6) is 0 Å². The van der Waals surface area contributed by atoms with Gasteiger partial charge in [0.15, 0.2) is 6.61 Å². The van der Waals surface area contributed by atoms with E-state index in [1.165, 1.54) is 11.3 Å². The van der Waals surface area contributed by atoms with Crippen LogP contribution >= 0.6 is 11.3 Å². The van der Waals surface area contributed by atoms with Crippen LogP contribution < -0.4 is 5.32 Å². The van der Waals surface area contributed by atoms with Crippen LogP contribution in [0, 0.1) is 6.92 Å². The van der Waals surface area contributed by atoms with Crippen molar-refractivity contribution in [3.05, 3.63) is 57.8 Å². The summed E-state index contributed by atoms with van der Waals surface area (Å²) in [4.78, 5) is 24.8. The van der Waals surface area contributed by atoms with E-state index in [9.17, 15) is 9.59 Å². The molecule has 21 heavy (non-hydrogen) atoms. The zero-order valence-electron chi connectivity index (χ0n) is 11.8. The van der Waals surface area contributed by atoms with Crippen LogP contribution in [0.15, 0.2) is 42.5 Å². The summed E-state index contributed by atoms with van der Waals surface area (Å²) < 4.78 is 4.97. The maximum atomic E-state index is 11.7. The van der Waals surface area contributed by atoms with Gasteiger partial charge < -0.3 is 10.1 Å². The van der Waals surface area contributed by atoms with Gasteiger partial charge in [0, 0.05) is 11.4 Å². The highest BCUT2D eigenvalue weighted by molar-refractivity contribution is 7.13. The Morgan fingerprint density at radius 2 is 1.90 bits per heavy atom. The molecule has 4 nitrogen and oxygen atoms in total. The molecule has 0 radical (unpaired) electrons. The predicted octanol–water partition coefficient (Wildman–Crippen LogP) is 2.57. The Morgan fingerprint density at radius 3 is 2.57 bits per heavy atom. The average molecular weight is 303 g/mol. The van der Waals surface area contributed by atoms with Crippen molar-refractivity contribution in [1.29, 1.82) is 0 Å². The normalized spacial score (nSPS) is 10.1. The topological polar surface area (TPSA) is 55.4 Å².